The first kappa shape index (κ1) is 11.6. The number of carbonyl (C=O) groups is 2. The number of halogens is 1. The zero-order valence-electron chi connectivity index (χ0n) is 9.50. The third-order valence-corrected chi connectivity index (χ3v) is 4.08. The van der Waals surface area contributed by atoms with E-state index in [1.165, 1.54) is 0 Å². The number of hydrogen-bond donors (Lipinski definition) is 4. The molecule has 0 spiro atoms. The van der Waals surface area contributed by atoms with Crippen LogP contribution in [0.2, 0.25) is 0 Å². The fourth-order valence-corrected chi connectivity index (χ4v) is 2.85. The number of urea groups is 2. The lowest BCUT2D eigenvalue weighted by molar-refractivity contribution is 0.228. The molecular formula is C11H11IN4O2. The molecule has 94 valence electrons. The minimum absolute atomic E-state index is 0.316. The predicted molar refractivity (Wildman–Crippen MR) is 72.6 cm³/mol. The summed E-state index contributed by atoms with van der Waals surface area (Å²) in [6.45, 7) is 1.76. The third-order valence-electron chi connectivity index (χ3n) is 3.36. The molecule has 1 aromatic rings. The highest BCUT2D eigenvalue weighted by molar-refractivity contribution is 14.1. The second-order valence-electron chi connectivity index (χ2n) is 4.54. The molecule has 0 bridgehead atoms. The van der Waals surface area contributed by atoms with Crippen LogP contribution in [0.4, 0.5) is 9.59 Å². The van der Waals surface area contributed by atoms with Crippen LogP contribution >= 0.6 is 22.6 Å². The Morgan fingerprint density at radius 2 is 1.44 bits per heavy atom. The highest BCUT2D eigenvalue weighted by atomic mass is 127. The topological polar surface area (TPSA) is 82.3 Å². The average molecular weight is 358 g/mol. The molecule has 4 amide bonds. The summed E-state index contributed by atoms with van der Waals surface area (Å²) >= 11 is 2.20. The van der Waals surface area contributed by atoms with E-state index in [9.17, 15) is 9.59 Å². The Hall–Kier alpha value is -1.51. The van der Waals surface area contributed by atoms with Crippen LogP contribution in [-0.4, -0.2) is 17.7 Å². The van der Waals surface area contributed by atoms with Gasteiger partial charge in [-0.2, -0.15) is 0 Å². The van der Waals surface area contributed by atoms with Gasteiger partial charge in [-0.05, 0) is 41.6 Å². The number of benzene rings is 1. The lowest BCUT2D eigenvalue weighted by Crippen LogP contribution is -2.61. The molecule has 0 aromatic heterocycles. The van der Waals surface area contributed by atoms with Gasteiger partial charge < -0.3 is 21.3 Å². The first-order chi connectivity index (χ1) is 8.45. The fourth-order valence-electron chi connectivity index (χ4n) is 2.49. The monoisotopic (exact) mass is 358 g/mol. The van der Waals surface area contributed by atoms with Crippen molar-refractivity contribution in [2.75, 3.05) is 0 Å². The van der Waals surface area contributed by atoms with Crippen molar-refractivity contribution in [2.24, 2.45) is 0 Å². The van der Waals surface area contributed by atoms with Crippen LogP contribution in [0.1, 0.15) is 12.5 Å². The molecule has 0 atom stereocenters. The second kappa shape index (κ2) is 3.50. The van der Waals surface area contributed by atoms with E-state index in [-0.39, 0.29) is 12.1 Å². The minimum Gasteiger partial charge on any atom is -0.311 e. The molecule has 7 heteroatoms. The van der Waals surface area contributed by atoms with E-state index in [2.05, 4.69) is 43.9 Å². The van der Waals surface area contributed by atoms with Gasteiger partial charge in [-0.25, -0.2) is 9.59 Å². The van der Waals surface area contributed by atoms with Crippen molar-refractivity contribution in [2.45, 2.75) is 18.2 Å². The van der Waals surface area contributed by atoms with Gasteiger partial charge in [0.05, 0.1) is 0 Å². The third kappa shape index (κ3) is 1.39. The maximum Gasteiger partial charge on any atom is 0.318 e. The summed E-state index contributed by atoms with van der Waals surface area (Å²) in [6.07, 6.45) is 0. The molecule has 3 rings (SSSR count). The first-order valence-electron chi connectivity index (χ1n) is 5.42. The van der Waals surface area contributed by atoms with Crippen molar-refractivity contribution in [1.82, 2.24) is 21.3 Å². The Bertz CT molecular complexity index is 522. The molecule has 2 saturated heterocycles. The summed E-state index contributed by atoms with van der Waals surface area (Å²) in [5.41, 5.74) is -1.01. The van der Waals surface area contributed by atoms with Crippen molar-refractivity contribution < 1.29 is 9.59 Å². The first-order valence-corrected chi connectivity index (χ1v) is 6.50. The molecule has 2 fully saturated rings. The standard InChI is InChI=1S/C11H11IN4O2/c1-10-11(15-8(17)13-10,16-9(18)14-10)6-2-4-7(12)5-3-6/h2-5H,1H3,(H2,13,15,17)(H2,14,16,18). The normalized spacial score (nSPS) is 33.2. The van der Waals surface area contributed by atoms with E-state index in [1.54, 1.807) is 6.92 Å². The summed E-state index contributed by atoms with van der Waals surface area (Å²) in [5.74, 6) is 0. The molecule has 4 N–H and O–H groups in total. The van der Waals surface area contributed by atoms with Crippen molar-refractivity contribution in [3.8, 4) is 0 Å². The molecule has 2 aliphatic rings. The van der Waals surface area contributed by atoms with Gasteiger partial charge in [0.2, 0.25) is 0 Å². The minimum atomic E-state index is -0.953. The Kier molecular flexibility index (Phi) is 2.25. The van der Waals surface area contributed by atoms with Gasteiger partial charge in [0.15, 0.2) is 11.3 Å². The van der Waals surface area contributed by atoms with Gasteiger partial charge in [0.1, 0.15) is 0 Å². The number of hydrogen-bond acceptors (Lipinski definition) is 2. The summed E-state index contributed by atoms with van der Waals surface area (Å²) < 4.78 is 1.09. The van der Waals surface area contributed by atoms with Crippen molar-refractivity contribution in [1.29, 1.82) is 0 Å². The van der Waals surface area contributed by atoms with Crippen molar-refractivity contribution >= 4 is 34.7 Å². The second-order valence-corrected chi connectivity index (χ2v) is 5.79. The lowest BCUT2D eigenvalue weighted by atomic mass is 9.90. The van der Waals surface area contributed by atoms with E-state index in [0.29, 0.717) is 0 Å². The van der Waals surface area contributed by atoms with Crippen LogP contribution in [0, 0.1) is 3.57 Å². The van der Waals surface area contributed by atoms with Crippen LogP contribution in [0.3, 0.4) is 0 Å². The molecule has 0 saturated carbocycles. The number of fused-ring (bicyclic) bond motifs is 1. The Labute approximate surface area is 117 Å². The van der Waals surface area contributed by atoms with Crippen LogP contribution < -0.4 is 21.3 Å². The smallest absolute Gasteiger partial charge is 0.311 e. The van der Waals surface area contributed by atoms with Gasteiger partial charge in [0.25, 0.3) is 0 Å². The molecule has 18 heavy (non-hydrogen) atoms. The van der Waals surface area contributed by atoms with Crippen LogP contribution in [0.5, 0.6) is 0 Å². The quantitative estimate of drug-likeness (QED) is 0.560. The van der Waals surface area contributed by atoms with E-state index in [0.717, 1.165) is 9.13 Å². The number of rotatable bonds is 1. The maximum absolute atomic E-state index is 11.6. The Morgan fingerprint density at radius 1 is 0.944 bits per heavy atom. The van der Waals surface area contributed by atoms with Crippen LogP contribution in [-0.2, 0) is 5.66 Å². The maximum atomic E-state index is 11.6. The Balaban J connectivity index is 2.13. The molecule has 0 unspecified atom stereocenters. The molecule has 6 nitrogen and oxygen atoms in total. The van der Waals surface area contributed by atoms with Gasteiger partial charge in [0, 0.05) is 9.13 Å². The Morgan fingerprint density at radius 3 is 1.94 bits per heavy atom. The van der Waals surface area contributed by atoms with Gasteiger partial charge in [-0.15, -0.1) is 0 Å². The van der Waals surface area contributed by atoms with Gasteiger partial charge in [-0.3, -0.25) is 0 Å². The molecule has 1 aromatic carbocycles. The number of amides is 4. The summed E-state index contributed by atoms with van der Waals surface area (Å²) in [5, 5.41) is 11.0. The van der Waals surface area contributed by atoms with Crippen molar-refractivity contribution in [3.63, 3.8) is 0 Å². The number of carbonyl (C=O) groups excluding carboxylic acids is 2. The summed E-state index contributed by atoms with van der Waals surface area (Å²) in [6, 6.07) is 7.01. The number of nitrogens with one attached hydrogen (secondary N) is 4. The zero-order chi connectivity index (χ0) is 13.0. The van der Waals surface area contributed by atoms with E-state index >= 15 is 0 Å². The van der Waals surface area contributed by atoms with E-state index < -0.39 is 11.3 Å². The van der Waals surface area contributed by atoms with Crippen molar-refractivity contribution in [3.05, 3.63) is 33.4 Å². The molecular weight excluding hydrogens is 347 g/mol. The highest BCUT2D eigenvalue weighted by Gasteiger charge is 2.62. The van der Waals surface area contributed by atoms with Crippen LogP contribution in [0.15, 0.2) is 24.3 Å². The predicted octanol–water partition coefficient (Wildman–Crippen LogP) is 0.786. The largest absolute Gasteiger partial charge is 0.318 e. The van der Waals surface area contributed by atoms with E-state index in [1.807, 2.05) is 24.3 Å². The zero-order valence-corrected chi connectivity index (χ0v) is 11.7. The molecule has 0 radical (unpaired) electrons. The van der Waals surface area contributed by atoms with Crippen LogP contribution in [0.25, 0.3) is 0 Å². The van der Waals surface area contributed by atoms with Gasteiger partial charge in [-0.1, -0.05) is 12.1 Å². The fraction of sp³-hybridized carbons (Fsp3) is 0.273. The van der Waals surface area contributed by atoms with E-state index in [4.69, 9.17) is 0 Å². The lowest BCUT2D eigenvalue weighted by Gasteiger charge is -2.34. The average Bonchev–Trinajstić information content (AvgIpc) is 2.63. The molecule has 2 aliphatic heterocycles. The highest BCUT2D eigenvalue weighted by Crippen LogP contribution is 2.36. The SMILES string of the molecule is CC12NC(=O)NC1(c1ccc(I)cc1)NC(=O)N2. The molecule has 0 aliphatic carbocycles. The summed E-state index contributed by atoms with van der Waals surface area (Å²) in [4.78, 5) is 23.2. The summed E-state index contributed by atoms with van der Waals surface area (Å²) in [7, 11) is 0. The molecule has 2 heterocycles. The van der Waals surface area contributed by atoms with Gasteiger partial charge >= 0.3 is 12.1 Å².